The average molecular weight is 525 g/mol. The highest BCUT2D eigenvalue weighted by Gasteiger charge is 2.37. The SMILES string of the molecule is COCCN(CCOC)C(C)(C)C(=O)c1ccc2oc3ccc(C(=O)C(C)(C)N4CCOCC4)cc3c2c1. The minimum atomic E-state index is -0.770. The van der Waals surface area contributed by atoms with Gasteiger partial charge in [-0.3, -0.25) is 19.4 Å². The zero-order valence-corrected chi connectivity index (χ0v) is 23.5. The molecule has 2 aromatic carbocycles. The van der Waals surface area contributed by atoms with Crippen molar-refractivity contribution in [3.8, 4) is 0 Å². The van der Waals surface area contributed by atoms with Gasteiger partial charge in [-0.05, 0) is 64.1 Å². The molecule has 2 heterocycles. The third-order valence-electron chi connectivity index (χ3n) is 7.83. The molecule has 8 nitrogen and oxygen atoms in total. The van der Waals surface area contributed by atoms with Crippen LogP contribution in [0.25, 0.3) is 21.9 Å². The van der Waals surface area contributed by atoms with Gasteiger partial charge in [-0.2, -0.15) is 0 Å². The summed E-state index contributed by atoms with van der Waals surface area (Å²) in [5.74, 6) is 0.0533. The number of fused-ring (bicyclic) bond motifs is 3. The Morgan fingerprint density at radius 2 is 1.34 bits per heavy atom. The van der Waals surface area contributed by atoms with Crippen LogP contribution in [0.1, 0.15) is 48.4 Å². The minimum Gasteiger partial charge on any atom is -0.456 e. The molecule has 0 spiro atoms. The number of rotatable bonds is 12. The molecular weight excluding hydrogens is 484 g/mol. The fourth-order valence-corrected chi connectivity index (χ4v) is 5.25. The van der Waals surface area contributed by atoms with Crippen molar-refractivity contribution in [1.29, 1.82) is 0 Å². The Labute approximate surface area is 224 Å². The minimum absolute atomic E-state index is 0.00152. The topological polar surface area (TPSA) is 81.5 Å². The van der Waals surface area contributed by atoms with Crippen LogP contribution in [0.2, 0.25) is 0 Å². The maximum atomic E-state index is 13.8. The predicted octanol–water partition coefficient (Wildman–Crippen LogP) is 4.44. The second-order valence-corrected chi connectivity index (χ2v) is 10.9. The van der Waals surface area contributed by atoms with E-state index in [-0.39, 0.29) is 11.6 Å². The van der Waals surface area contributed by atoms with E-state index in [2.05, 4.69) is 9.80 Å². The standard InChI is InChI=1S/C30H40N2O6/c1-29(2,31(11-15-35-5)12-16-36-6)27(33)21-7-9-25-23(19-21)24-20-22(8-10-26(24)38-25)28(34)30(3,4)32-13-17-37-18-14-32/h7-10,19-20H,11-18H2,1-6H3. The van der Waals surface area contributed by atoms with Crippen molar-refractivity contribution in [3.63, 3.8) is 0 Å². The third-order valence-corrected chi connectivity index (χ3v) is 7.83. The van der Waals surface area contributed by atoms with Crippen LogP contribution in [-0.4, -0.2) is 99.3 Å². The average Bonchev–Trinajstić information content (AvgIpc) is 3.29. The summed E-state index contributed by atoms with van der Waals surface area (Å²) in [6.07, 6.45) is 0. The lowest BCUT2D eigenvalue weighted by molar-refractivity contribution is -0.00429. The highest BCUT2D eigenvalue weighted by Crippen LogP contribution is 2.33. The smallest absolute Gasteiger partial charge is 0.182 e. The van der Waals surface area contributed by atoms with Crippen LogP contribution in [-0.2, 0) is 14.2 Å². The number of methoxy groups -OCH3 is 2. The Morgan fingerprint density at radius 1 is 0.842 bits per heavy atom. The molecule has 0 radical (unpaired) electrons. The summed E-state index contributed by atoms with van der Waals surface area (Å²) in [5, 5.41) is 1.65. The van der Waals surface area contributed by atoms with E-state index in [1.807, 2.05) is 64.1 Å². The van der Waals surface area contributed by atoms with E-state index in [0.29, 0.717) is 61.8 Å². The molecule has 0 unspecified atom stereocenters. The van der Waals surface area contributed by atoms with Crippen molar-refractivity contribution in [2.75, 3.05) is 66.8 Å². The van der Waals surface area contributed by atoms with Crippen molar-refractivity contribution < 1.29 is 28.2 Å². The summed E-state index contributed by atoms with van der Waals surface area (Å²) in [6, 6.07) is 11.1. The van der Waals surface area contributed by atoms with Gasteiger partial charge in [-0.1, -0.05) is 0 Å². The molecule has 4 rings (SSSR count). The molecule has 0 atom stereocenters. The van der Waals surface area contributed by atoms with Crippen LogP contribution in [0.4, 0.5) is 0 Å². The molecule has 0 N–H and O–H groups in total. The number of morpholine rings is 1. The third kappa shape index (κ3) is 5.55. The molecule has 0 amide bonds. The van der Waals surface area contributed by atoms with Crippen molar-refractivity contribution in [3.05, 3.63) is 47.5 Å². The lowest BCUT2D eigenvalue weighted by Gasteiger charge is -2.39. The molecule has 1 saturated heterocycles. The van der Waals surface area contributed by atoms with Gasteiger partial charge in [0.15, 0.2) is 11.6 Å². The number of benzene rings is 2. The first-order valence-corrected chi connectivity index (χ1v) is 13.2. The molecule has 3 aromatic rings. The van der Waals surface area contributed by atoms with Gasteiger partial charge in [0.05, 0.1) is 37.5 Å². The number of furan rings is 1. The first-order chi connectivity index (χ1) is 18.1. The number of ether oxygens (including phenoxy) is 3. The fraction of sp³-hybridized carbons (Fsp3) is 0.533. The number of carbonyl (C=O) groups is 2. The Kier molecular flexibility index (Phi) is 8.69. The number of hydrogen-bond donors (Lipinski definition) is 0. The Bertz CT molecular complexity index is 1280. The first-order valence-electron chi connectivity index (χ1n) is 13.2. The molecule has 0 aliphatic carbocycles. The van der Waals surface area contributed by atoms with Gasteiger partial charge in [0.2, 0.25) is 0 Å². The van der Waals surface area contributed by atoms with Crippen molar-refractivity contribution in [1.82, 2.24) is 9.80 Å². The van der Waals surface area contributed by atoms with Crippen LogP contribution in [0, 0.1) is 0 Å². The lowest BCUT2D eigenvalue weighted by Crippen LogP contribution is -2.54. The van der Waals surface area contributed by atoms with E-state index < -0.39 is 11.1 Å². The van der Waals surface area contributed by atoms with Gasteiger partial charge < -0.3 is 18.6 Å². The molecule has 1 aromatic heterocycles. The second-order valence-electron chi connectivity index (χ2n) is 10.9. The normalized spacial score (nSPS) is 15.6. The number of nitrogens with zero attached hydrogens (tertiary/aromatic N) is 2. The zero-order chi connectivity index (χ0) is 27.5. The quantitative estimate of drug-likeness (QED) is 0.322. The Morgan fingerprint density at radius 3 is 1.84 bits per heavy atom. The van der Waals surface area contributed by atoms with E-state index in [9.17, 15) is 9.59 Å². The van der Waals surface area contributed by atoms with E-state index in [1.54, 1.807) is 14.2 Å². The van der Waals surface area contributed by atoms with Crippen LogP contribution < -0.4 is 0 Å². The Balaban J connectivity index is 1.68. The van der Waals surface area contributed by atoms with Gasteiger partial charge in [-0.15, -0.1) is 0 Å². The number of carbonyl (C=O) groups excluding carboxylic acids is 2. The van der Waals surface area contributed by atoms with Crippen LogP contribution in [0.5, 0.6) is 0 Å². The zero-order valence-electron chi connectivity index (χ0n) is 23.5. The largest absolute Gasteiger partial charge is 0.456 e. The second kappa shape index (κ2) is 11.6. The van der Waals surface area contributed by atoms with Crippen molar-refractivity contribution >= 4 is 33.5 Å². The first kappa shape index (κ1) is 28.4. The molecule has 38 heavy (non-hydrogen) atoms. The number of hydrogen-bond acceptors (Lipinski definition) is 8. The molecule has 0 bridgehead atoms. The fourth-order valence-electron chi connectivity index (χ4n) is 5.25. The summed E-state index contributed by atoms with van der Waals surface area (Å²) in [7, 11) is 3.31. The van der Waals surface area contributed by atoms with E-state index in [1.165, 1.54) is 0 Å². The van der Waals surface area contributed by atoms with Gasteiger partial charge >= 0.3 is 0 Å². The maximum Gasteiger partial charge on any atom is 0.182 e. The van der Waals surface area contributed by atoms with Crippen molar-refractivity contribution in [2.45, 2.75) is 38.8 Å². The molecule has 1 aliphatic heterocycles. The molecule has 206 valence electrons. The molecular formula is C30H40N2O6. The van der Waals surface area contributed by atoms with E-state index >= 15 is 0 Å². The molecule has 8 heteroatoms. The highest BCUT2D eigenvalue weighted by atomic mass is 16.5. The maximum absolute atomic E-state index is 13.8. The van der Waals surface area contributed by atoms with Gasteiger partial charge in [0.1, 0.15) is 11.2 Å². The van der Waals surface area contributed by atoms with Gasteiger partial charge in [-0.25, -0.2) is 0 Å². The summed E-state index contributed by atoms with van der Waals surface area (Å²) >= 11 is 0. The molecule has 1 fully saturated rings. The summed E-state index contributed by atoms with van der Waals surface area (Å²) in [4.78, 5) is 31.7. The van der Waals surface area contributed by atoms with Crippen LogP contribution in [0.3, 0.4) is 0 Å². The lowest BCUT2D eigenvalue weighted by atomic mass is 9.89. The van der Waals surface area contributed by atoms with Crippen molar-refractivity contribution in [2.24, 2.45) is 0 Å². The van der Waals surface area contributed by atoms with Gasteiger partial charge in [0, 0.05) is 62.3 Å². The van der Waals surface area contributed by atoms with Crippen LogP contribution in [0.15, 0.2) is 40.8 Å². The predicted molar refractivity (Wildman–Crippen MR) is 148 cm³/mol. The van der Waals surface area contributed by atoms with E-state index in [4.69, 9.17) is 18.6 Å². The summed E-state index contributed by atoms with van der Waals surface area (Å²) < 4.78 is 22.1. The Hall–Kier alpha value is -2.62. The van der Waals surface area contributed by atoms with Gasteiger partial charge in [0.25, 0.3) is 0 Å². The number of Topliss-reactive ketones (excluding diaryl/α,β-unsaturated/α-hetero) is 2. The van der Waals surface area contributed by atoms with Crippen LogP contribution >= 0.6 is 0 Å². The monoisotopic (exact) mass is 524 g/mol. The molecule has 0 saturated carbocycles. The van der Waals surface area contributed by atoms with E-state index in [0.717, 1.165) is 23.9 Å². The number of ketones is 2. The summed E-state index contributed by atoms with van der Waals surface area (Å²) in [6.45, 7) is 12.8. The molecule has 1 aliphatic rings. The highest BCUT2D eigenvalue weighted by molar-refractivity contribution is 6.13. The summed E-state index contributed by atoms with van der Waals surface area (Å²) in [5.41, 5.74) is 1.16.